The van der Waals surface area contributed by atoms with Crippen molar-refractivity contribution in [2.45, 2.75) is 30.2 Å². The van der Waals surface area contributed by atoms with Crippen molar-refractivity contribution in [1.29, 1.82) is 0 Å². The minimum absolute atomic E-state index is 0.0320. The number of benzene rings is 1. The maximum Gasteiger partial charge on any atom is 0.243 e. The van der Waals surface area contributed by atoms with Crippen LogP contribution in [0.2, 0.25) is 0 Å². The molecule has 3 N–H and O–H groups in total. The summed E-state index contributed by atoms with van der Waals surface area (Å²) in [5.74, 6) is -0.633. The van der Waals surface area contributed by atoms with Gasteiger partial charge in [-0.3, -0.25) is 0 Å². The van der Waals surface area contributed by atoms with Crippen LogP contribution in [0.5, 0.6) is 0 Å². The van der Waals surface area contributed by atoms with Gasteiger partial charge >= 0.3 is 0 Å². The molecule has 1 heterocycles. The van der Waals surface area contributed by atoms with Gasteiger partial charge in [0.15, 0.2) is 0 Å². The summed E-state index contributed by atoms with van der Waals surface area (Å²) in [5, 5.41) is 0. The van der Waals surface area contributed by atoms with Crippen LogP contribution in [-0.2, 0) is 14.8 Å². The van der Waals surface area contributed by atoms with Gasteiger partial charge in [-0.1, -0.05) is 0 Å². The average Bonchev–Trinajstić information content (AvgIpc) is 2.31. The molecule has 0 bridgehead atoms. The highest BCUT2D eigenvalue weighted by atomic mass is 32.2. The first-order valence-electron chi connectivity index (χ1n) is 5.99. The molecule has 0 aromatic heterocycles. The third-order valence-electron chi connectivity index (χ3n) is 3.24. The first-order valence-corrected chi connectivity index (χ1v) is 7.47. The number of rotatable bonds is 3. The summed E-state index contributed by atoms with van der Waals surface area (Å²) in [6.07, 6.45) is 1.14. The molecule has 0 spiro atoms. The van der Waals surface area contributed by atoms with Gasteiger partial charge in [0.1, 0.15) is 10.7 Å². The number of hydrogen-bond acceptors (Lipinski definition) is 4. The maximum atomic E-state index is 13.2. The molecule has 0 radical (unpaired) electrons. The molecule has 1 aromatic rings. The highest BCUT2D eigenvalue weighted by Gasteiger charge is 2.33. The Kier molecular flexibility index (Phi) is 3.80. The van der Waals surface area contributed by atoms with E-state index < -0.39 is 21.4 Å². The lowest BCUT2D eigenvalue weighted by Gasteiger charge is -2.34. The molecule has 1 aliphatic heterocycles. The fourth-order valence-electron chi connectivity index (χ4n) is 2.04. The van der Waals surface area contributed by atoms with Crippen LogP contribution in [0.4, 0.5) is 10.1 Å². The first-order chi connectivity index (χ1) is 8.82. The summed E-state index contributed by atoms with van der Waals surface area (Å²) in [6.45, 7) is 2.80. The molecule has 0 unspecified atom stereocenters. The molecule has 0 atom stereocenters. The lowest BCUT2D eigenvalue weighted by Crippen LogP contribution is -2.49. The minimum Gasteiger partial charge on any atom is -0.398 e. The third-order valence-corrected chi connectivity index (χ3v) is 4.94. The summed E-state index contributed by atoms with van der Waals surface area (Å²) in [5.41, 5.74) is 5.06. The molecule has 19 heavy (non-hydrogen) atoms. The van der Waals surface area contributed by atoms with Crippen molar-refractivity contribution in [3.8, 4) is 0 Å². The van der Waals surface area contributed by atoms with Gasteiger partial charge in [0.2, 0.25) is 10.0 Å². The smallest absolute Gasteiger partial charge is 0.243 e. The Bertz CT molecular complexity index is 568. The third kappa shape index (κ3) is 3.23. The zero-order valence-corrected chi connectivity index (χ0v) is 11.5. The van der Waals surface area contributed by atoms with Gasteiger partial charge in [0.25, 0.3) is 0 Å². The summed E-state index contributed by atoms with van der Waals surface area (Å²) < 4.78 is 45.6. The molecule has 1 fully saturated rings. The Hall–Kier alpha value is -1.18. The largest absolute Gasteiger partial charge is 0.398 e. The van der Waals surface area contributed by atoms with Gasteiger partial charge in [-0.25, -0.2) is 17.5 Å². The number of anilines is 1. The monoisotopic (exact) mass is 288 g/mol. The number of ether oxygens (including phenoxy) is 1. The normalized spacial score (nSPS) is 19.3. The molecule has 2 rings (SSSR count). The maximum absolute atomic E-state index is 13.2. The van der Waals surface area contributed by atoms with Crippen LogP contribution in [0.15, 0.2) is 23.1 Å². The van der Waals surface area contributed by atoms with Gasteiger partial charge in [0, 0.05) is 18.8 Å². The van der Waals surface area contributed by atoms with E-state index in [-0.39, 0.29) is 10.6 Å². The molecular weight excluding hydrogens is 271 g/mol. The zero-order chi connectivity index (χ0) is 14.1. The fourth-order valence-corrected chi connectivity index (χ4v) is 3.65. The Morgan fingerprint density at radius 2 is 2.00 bits per heavy atom. The van der Waals surface area contributed by atoms with Crippen molar-refractivity contribution in [3.63, 3.8) is 0 Å². The lowest BCUT2D eigenvalue weighted by atomic mass is 9.94. The molecule has 1 saturated heterocycles. The van der Waals surface area contributed by atoms with Crippen molar-refractivity contribution in [2.24, 2.45) is 0 Å². The Labute approximate surface area is 112 Å². The number of halogens is 1. The summed E-state index contributed by atoms with van der Waals surface area (Å²) >= 11 is 0. The second-order valence-electron chi connectivity index (χ2n) is 4.96. The molecule has 7 heteroatoms. The van der Waals surface area contributed by atoms with Gasteiger partial charge in [-0.15, -0.1) is 0 Å². The topological polar surface area (TPSA) is 81.4 Å². The Morgan fingerprint density at radius 3 is 2.63 bits per heavy atom. The van der Waals surface area contributed by atoms with Gasteiger partial charge in [0.05, 0.1) is 5.69 Å². The average molecular weight is 288 g/mol. The van der Waals surface area contributed by atoms with Gasteiger partial charge in [-0.2, -0.15) is 0 Å². The Morgan fingerprint density at radius 1 is 1.37 bits per heavy atom. The molecule has 106 valence electrons. The lowest BCUT2D eigenvalue weighted by molar-refractivity contribution is 0.0537. The zero-order valence-electron chi connectivity index (χ0n) is 10.6. The molecule has 1 aliphatic rings. The SMILES string of the molecule is CC1(NS(=O)(=O)c2cc(F)ccc2N)CCOCC1. The van der Waals surface area contributed by atoms with Crippen LogP contribution in [0.1, 0.15) is 19.8 Å². The van der Waals surface area contributed by atoms with Crippen LogP contribution in [0, 0.1) is 5.82 Å². The number of nitrogens with two attached hydrogens (primary N) is 1. The molecule has 0 amide bonds. The first kappa shape index (κ1) is 14.2. The standard InChI is InChI=1S/C12H17FN2O3S/c1-12(4-6-18-7-5-12)15-19(16,17)11-8-9(13)2-3-10(11)14/h2-3,8,15H,4-7,14H2,1H3. The van der Waals surface area contributed by atoms with E-state index in [9.17, 15) is 12.8 Å². The van der Waals surface area contributed by atoms with Crippen LogP contribution in [0.25, 0.3) is 0 Å². The van der Waals surface area contributed by atoms with Gasteiger partial charge < -0.3 is 10.5 Å². The minimum atomic E-state index is -3.84. The van der Waals surface area contributed by atoms with E-state index in [1.54, 1.807) is 0 Å². The molecule has 1 aromatic carbocycles. The van der Waals surface area contributed by atoms with Crippen LogP contribution in [-0.4, -0.2) is 27.2 Å². The van der Waals surface area contributed by atoms with E-state index in [1.807, 2.05) is 6.92 Å². The summed E-state index contributed by atoms with van der Waals surface area (Å²) in [7, 11) is -3.84. The second kappa shape index (κ2) is 5.07. The number of nitrogens with one attached hydrogen (secondary N) is 1. The van der Waals surface area contributed by atoms with Crippen LogP contribution >= 0.6 is 0 Å². The van der Waals surface area contributed by atoms with Crippen molar-refractivity contribution in [2.75, 3.05) is 18.9 Å². The van der Waals surface area contributed by atoms with E-state index in [1.165, 1.54) is 6.07 Å². The van der Waals surface area contributed by atoms with E-state index in [4.69, 9.17) is 10.5 Å². The predicted molar refractivity (Wildman–Crippen MR) is 69.6 cm³/mol. The molecular formula is C12H17FN2O3S. The van der Waals surface area contributed by atoms with E-state index >= 15 is 0 Å². The molecule has 5 nitrogen and oxygen atoms in total. The molecule has 0 saturated carbocycles. The van der Waals surface area contributed by atoms with Crippen molar-refractivity contribution in [1.82, 2.24) is 4.72 Å². The van der Waals surface area contributed by atoms with Crippen molar-refractivity contribution < 1.29 is 17.5 Å². The highest BCUT2D eigenvalue weighted by Crippen LogP contribution is 2.25. The summed E-state index contributed by atoms with van der Waals surface area (Å²) in [4.78, 5) is -0.222. The fraction of sp³-hybridized carbons (Fsp3) is 0.500. The van der Waals surface area contributed by atoms with Crippen molar-refractivity contribution >= 4 is 15.7 Å². The van der Waals surface area contributed by atoms with Crippen molar-refractivity contribution in [3.05, 3.63) is 24.0 Å². The summed E-state index contributed by atoms with van der Waals surface area (Å²) in [6, 6.07) is 3.31. The number of hydrogen-bond donors (Lipinski definition) is 2. The van der Waals surface area contributed by atoms with Crippen LogP contribution in [0.3, 0.4) is 0 Å². The quantitative estimate of drug-likeness (QED) is 0.820. The predicted octanol–water partition coefficient (Wildman–Crippen LogP) is 1.26. The Balaban J connectivity index is 2.29. The van der Waals surface area contributed by atoms with Gasteiger partial charge in [-0.05, 0) is 38.0 Å². The van der Waals surface area contributed by atoms with Crippen LogP contribution < -0.4 is 10.5 Å². The number of nitrogen functional groups attached to an aromatic ring is 1. The highest BCUT2D eigenvalue weighted by molar-refractivity contribution is 7.89. The van der Waals surface area contributed by atoms with E-state index in [0.29, 0.717) is 26.1 Å². The number of sulfonamides is 1. The second-order valence-corrected chi connectivity index (χ2v) is 6.61. The van der Waals surface area contributed by atoms with E-state index in [0.717, 1.165) is 12.1 Å². The van der Waals surface area contributed by atoms with E-state index in [2.05, 4.69) is 4.72 Å². The molecule has 0 aliphatic carbocycles.